The predicted octanol–water partition coefficient (Wildman–Crippen LogP) is 2.66. The maximum Gasteiger partial charge on any atom is 0.248 e. The average molecular weight is 402 g/mol. The van der Waals surface area contributed by atoms with E-state index >= 15 is 0 Å². The number of nitrogens with zero attached hydrogens (tertiary/aromatic N) is 4. The van der Waals surface area contributed by atoms with Gasteiger partial charge in [0.2, 0.25) is 15.9 Å². The zero-order valence-electron chi connectivity index (χ0n) is 15.8. The molecule has 9 heteroatoms. The maximum absolute atomic E-state index is 13.1. The van der Waals surface area contributed by atoms with Gasteiger partial charge in [-0.15, -0.1) is 0 Å². The summed E-state index contributed by atoms with van der Waals surface area (Å²) in [5.74, 6) is 1.36. The molecule has 0 radical (unpaired) electrons. The zero-order valence-corrected chi connectivity index (χ0v) is 16.6. The topological polar surface area (TPSA) is 102 Å². The van der Waals surface area contributed by atoms with Gasteiger partial charge in [-0.05, 0) is 32.3 Å². The number of aromatic nitrogens is 3. The fourth-order valence-corrected chi connectivity index (χ4v) is 5.70. The fraction of sp³-hybridized carbons (Fsp3) is 0.421. The molecule has 0 N–H and O–H groups in total. The van der Waals surface area contributed by atoms with E-state index in [1.54, 1.807) is 13.8 Å². The molecular formula is C19H22N4O4S. The average Bonchev–Trinajstić information content (AvgIpc) is 3.38. The molecule has 1 unspecified atom stereocenters. The quantitative estimate of drug-likeness (QED) is 0.624. The largest absolute Gasteiger partial charge is 0.360 e. The Bertz CT molecular complexity index is 1040. The summed E-state index contributed by atoms with van der Waals surface area (Å²) in [6, 6.07) is 9.67. The van der Waals surface area contributed by atoms with Crippen LogP contribution in [0.3, 0.4) is 0 Å². The van der Waals surface area contributed by atoms with Crippen molar-refractivity contribution in [2.24, 2.45) is 0 Å². The summed E-state index contributed by atoms with van der Waals surface area (Å²) in [6.07, 6.45) is 2.52. The van der Waals surface area contributed by atoms with Crippen molar-refractivity contribution in [2.45, 2.75) is 50.5 Å². The predicted molar refractivity (Wildman–Crippen MR) is 100 cm³/mol. The highest BCUT2D eigenvalue weighted by atomic mass is 32.2. The molecule has 4 rings (SSSR count). The van der Waals surface area contributed by atoms with Gasteiger partial charge < -0.3 is 9.05 Å². The van der Waals surface area contributed by atoms with Crippen molar-refractivity contribution in [1.82, 2.24) is 19.6 Å². The Kier molecular flexibility index (Phi) is 5.03. The first-order valence-electron chi connectivity index (χ1n) is 9.25. The molecule has 1 fully saturated rings. The molecule has 148 valence electrons. The number of hydrogen-bond donors (Lipinski definition) is 0. The van der Waals surface area contributed by atoms with Crippen LogP contribution in [-0.2, 0) is 22.9 Å². The summed E-state index contributed by atoms with van der Waals surface area (Å²) in [4.78, 5) is 4.62. The van der Waals surface area contributed by atoms with E-state index in [-0.39, 0.29) is 10.9 Å². The van der Waals surface area contributed by atoms with Crippen molar-refractivity contribution < 1.29 is 17.5 Å². The highest BCUT2D eigenvalue weighted by Gasteiger charge is 2.39. The van der Waals surface area contributed by atoms with E-state index in [0.29, 0.717) is 42.6 Å². The number of hydrogen-bond acceptors (Lipinski definition) is 7. The SMILES string of the molecule is Cc1noc(C)c1S(=O)(=O)N1CCCC1Cc1noc(Cc2ccccc2)n1. The Hall–Kier alpha value is -2.52. The summed E-state index contributed by atoms with van der Waals surface area (Å²) < 4.78 is 38.2. The summed E-state index contributed by atoms with van der Waals surface area (Å²) in [5, 5.41) is 7.84. The van der Waals surface area contributed by atoms with Crippen LogP contribution in [0, 0.1) is 13.8 Å². The summed E-state index contributed by atoms with van der Waals surface area (Å²) in [5.41, 5.74) is 1.47. The van der Waals surface area contributed by atoms with E-state index in [0.717, 1.165) is 18.4 Å². The van der Waals surface area contributed by atoms with Gasteiger partial charge in [-0.25, -0.2) is 8.42 Å². The molecule has 1 aliphatic rings. The third-order valence-electron chi connectivity index (χ3n) is 4.98. The Labute approximate surface area is 163 Å². The van der Waals surface area contributed by atoms with E-state index in [2.05, 4.69) is 15.3 Å². The van der Waals surface area contributed by atoms with Crippen molar-refractivity contribution in [1.29, 1.82) is 0 Å². The number of aryl methyl sites for hydroxylation is 2. The van der Waals surface area contributed by atoms with E-state index < -0.39 is 10.0 Å². The van der Waals surface area contributed by atoms with Crippen LogP contribution in [0.5, 0.6) is 0 Å². The van der Waals surface area contributed by atoms with Crippen LogP contribution >= 0.6 is 0 Å². The first-order valence-corrected chi connectivity index (χ1v) is 10.7. The van der Waals surface area contributed by atoms with Gasteiger partial charge in [0.1, 0.15) is 10.6 Å². The molecule has 1 atom stereocenters. The Morgan fingerprint density at radius 1 is 1.14 bits per heavy atom. The second kappa shape index (κ2) is 7.48. The number of rotatable bonds is 6. The minimum absolute atomic E-state index is 0.164. The molecule has 28 heavy (non-hydrogen) atoms. The minimum Gasteiger partial charge on any atom is -0.360 e. The maximum atomic E-state index is 13.1. The van der Waals surface area contributed by atoms with Crippen LogP contribution in [-0.4, -0.2) is 40.6 Å². The second-order valence-electron chi connectivity index (χ2n) is 7.04. The fourth-order valence-electron chi connectivity index (χ4n) is 3.72. The van der Waals surface area contributed by atoms with Crippen LogP contribution in [0.2, 0.25) is 0 Å². The first kappa shape index (κ1) is 18.8. The molecule has 0 saturated carbocycles. The van der Waals surface area contributed by atoms with Gasteiger partial charge in [-0.2, -0.15) is 9.29 Å². The van der Waals surface area contributed by atoms with Gasteiger partial charge in [0, 0.05) is 19.0 Å². The highest BCUT2D eigenvalue weighted by Crippen LogP contribution is 2.30. The normalized spacial score (nSPS) is 18.0. The van der Waals surface area contributed by atoms with Crippen LogP contribution in [0.25, 0.3) is 0 Å². The van der Waals surface area contributed by atoms with Gasteiger partial charge in [-0.3, -0.25) is 0 Å². The van der Waals surface area contributed by atoms with Crippen molar-refractivity contribution in [3.8, 4) is 0 Å². The van der Waals surface area contributed by atoms with Crippen molar-refractivity contribution in [3.63, 3.8) is 0 Å². The van der Waals surface area contributed by atoms with E-state index in [1.165, 1.54) is 4.31 Å². The molecule has 3 heterocycles. The molecule has 2 aromatic heterocycles. The molecule has 1 aliphatic heterocycles. The van der Waals surface area contributed by atoms with Gasteiger partial charge in [0.15, 0.2) is 11.6 Å². The summed E-state index contributed by atoms with van der Waals surface area (Å²) in [6.45, 7) is 3.72. The smallest absolute Gasteiger partial charge is 0.248 e. The van der Waals surface area contributed by atoms with Gasteiger partial charge in [0.25, 0.3) is 0 Å². The van der Waals surface area contributed by atoms with Crippen LogP contribution in [0.1, 0.15) is 41.6 Å². The van der Waals surface area contributed by atoms with Crippen molar-refractivity contribution >= 4 is 10.0 Å². The Balaban J connectivity index is 1.51. The van der Waals surface area contributed by atoms with Gasteiger partial charge in [0.05, 0.1) is 6.42 Å². The standard InChI is InChI=1S/C19H22N4O4S/c1-13-19(14(2)26-21-13)28(24,25)23-10-6-9-16(23)12-17-20-18(27-22-17)11-15-7-4-3-5-8-15/h3-5,7-8,16H,6,9-12H2,1-2H3. The molecule has 3 aromatic rings. The summed E-state index contributed by atoms with van der Waals surface area (Å²) in [7, 11) is -3.68. The monoisotopic (exact) mass is 402 g/mol. The van der Waals surface area contributed by atoms with Gasteiger partial charge >= 0.3 is 0 Å². The molecule has 1 saturated heterocycles. The lowest BCUT2D eigenvalue weighted by Gasteiger charge is -2.22. The molecular weight excluding hydrogens is 380 g/mol. The van der Waals surface area contributed by atoms with E-state index in [1.807, 2.05) is 30.3 Å². The third-order valence-corrected chi connectivity index (χ3v) is 7.18. The molecule has 0 spiro atoms. The summed E-state index contributed by atoms with van der Waals surface area (Å²) >= 11 is 0. The van der Waals surface area contributed by atoms with E-state index in [9.17, 15) is 8.42 Å². The van der Waals surface area contributed by atoms with E-state index in [4.69, 9.17) is 9.05 Å². The Morgan fingerprint density at radius 2 is 1.93 bits per heavy atom. The Morgan fingerprint density at radius 3 is 2.64 bits per heavy atom. The molecule has 0 bridgehead atoms. The highest BCUT2D eigenvalue weighted by molar-refractivity contribution is 7.89. The lowest BCUT2D eigenvalue weighted by Crippen LogP contribution is -2.37. The lowest BCUT2D eigenvalue weighted by atomic mass is 10.1. The molecule has 0 aliphatic carbocycles. The van der Waals surface area contributed by atoms with Crippen LogP contribution in [0.4, 0.5) is 0 Å². The third kappa shape index (κ3) is 3.59. The first-order chi connectivity index (χ1) is 13.4. The molecule has 1 aromatic carbocycles. The van der Waals surface area contributed by atoms with Crippen LogP contribution < -0.4 is 0 Å². The number of benzene rings is 1. The minimum atomic E-state index is -3.68. The van der Waals surface area contributed by atoms with Crippen molar-refractivity contribution in [2.75, 3.05) is 6.54 Å². The lowest BCUT2D eigenvalue weighted by molar-refractivity contribution is 0.357. The van der Waals surface area contributed by atoms with Crippen molar-refractivity contribution in [3.05, 3.63) is 59.1 Å². The van der Waals surface area contributed by atoms with Gasteiger partial charge in [-0.1, -0.05) is 40.6 Å². The number of sulfonamides is 1. The van der Waals surface area contributed by atoms with Crippen LogP contribution in [0.15, 0.2) is 44.3 Å². The zero-order chi connectivity index (χ0) is 19.7. The molecule has 8 nitrogen and oxygen atoms in total. The second-order valence-corrected chi connectivity index (χ2v) is 8.86. The molecule has 0 amide bonds.